The molecule has 2 aliphatic heterocycles. The van der Waals surface area contributed by atoms with Gasteiger partial charge >= 0.3 is 0 Å². The van der Waals surface area contributed by atoms with Crippen LogP contribution in [0.5, 0.6) is 0 Å². The van der Waals surface area contributed by atoms with Crippen molar-refractivity contribution in [2.24, 2.45) is 0 Å². The van der Waals surface area contributed by atoms with Crippen molar-refractivity contribution in [1.82, 2.24) is 19.6 Å². The second-order valence-electron chi connectivity index (χ2n) is 7.04. The lowest BCUT2D eigenvalue weighted by Gasteiger charge is -2.28. The summed E-state index contributed by atoms with van der Waals surface area (Å²) < 4.78 is 2.04. The van der Waals surface area contributed by atoms with Crippen molar-refractivity contribution in [3.8, 4) is 0 Å². The smallest absolute Gasteiger partial charge is 0.274 e. The highest BCUT2D eigenvalue weighted by molar-refractivity contribution is 5.94. The lowest BCUT2D eigenvalue weighted by Crippen LogP contribution is -2.33. The van der Waals surface area contributed by atoms with Gasteiger partial charge in [0.25, 0.3) is 5.91 Å². The highest BCUT2D eigenvalue weighted by Crippen LogP contribution is 2.26. The minimum atomic E-state index is 0.127. The third kappa shape index (κ3) is 3.21. The fourth-order valence-electron chi connectivity index (χ4n) is 4.03. The first kappa shape index (κ1) is 16.3. The molecule has 0 unspecified atom stereocenters. The molecule has 5 heteroatoms. The summed E-state index contributed by atoms with van der Waals surface area (Å²) in [7, 11) is 0. The van der Waals surface area contributed by atoms with Crippen LogP contribution in [0.1, 0.15) is 47.1 Å². The van der Waals surface area contributed by atoms with E-state index >= 15 is 0 Å². The maximum Gasteiger partial charge on any atom is 0.274 e. The third-order valence-electron chi connectivity index (χ3n) is 5.36. The molecule has 0 aliphatic carbocycles. The van der Waals surface area contributed by atoms with Crippen LogP contribution in [0, 0.1) is 0 Å². The van der Waals surface area contributed by atoms with Gasteiger partial charge in [0, 0.05) is 56.9 Å². The van der Waals surface area contributed by atoms with Crippen LogP contribution in [0.4, 0.5) is 0 Å². The minimum absolute atomic E-state index is 0.127. The Kier molecular flexibility index (Phi) is 4.57. The Balaban J connectivity index is 1.59. The van der Waals surface area contributed by atoms with Crippen LogP contribution in [0.25, 0.3) is 0 Å². The predicted octanol–water partition coefficient (Wildman–Crippen LogP) is 2.70. The van der Waals surface area contributed by atoms with Crippen LogP contribution in [0.2, 0.25) is 0 Å². The molecule has 0 atom stereocenters. The van der Waals surface area contributed by atoms with E-state index in [9.17, 15) is 4.79 Å². The molecular formula is C20H26N4O. The molecule has 2 aliphatic rings. The molecule has 5 nitrogen and oxygen atoms in total. The van der Waals surface area contributed by atoms with E-state index in [1.54, 1.807) is 0 Å². The van der Waals surface area contributed by atoms with Crippen molar-refractivity contribution in [3.05, 3.63) is 52.8 Å². The molecule has 1 fully saturated rings. The number of rotatable bonds is 4. The van der Waals surface area contributed by atoms with Gasteiger partial charge in [-0.1, -0.05) is 30.3 Å². The second kappa shape index (κ2) is 7.00. The molecule has 0 N–H and O–H groups in total. The van der Waals surface area contributed by atoms with Crippen LogP contribution in [-0.4, -0.2) is 45.1 Å². The summed E-state index contributed by atoms with van der Waals surface area (Å²) >= 11 is 0. The number of hydrogen-bond donors (Lipinski definition) is 0. The molecule has 1 aromatic carbocycles. The van der Waals surface area contributed by atoms with Gasteiger partial charge in [-0.25, -0.2) is 0 Å². The van der Waals surface area contributed by atoms with Gasteiger partial charge in [0.15, 0.2) is 5.69 Å². The Morgan fingerprint density at radius 1 is 1.12 bits per heavy atom. The number of likely N-dealkylation sites (tertiary alicyclic amines) is 1. The Morgan fingerprint density at radius 3 is 2.60 bits per heavy atom. The summed E-state index contributed by atoms with van der Waals surface area (Å²) in [4.78, 5) is 17.3. The molecule has 4 rings (SSSR count). The monoisotopic (exact) mass is 338 g/mol. The maximum absolute atomic E-state index is 12.9. The molecule has 2 aromatic rings. The first-order valence-electron chi connectivity index (χ1n) is 9.40. The number of hydrogen-bond acceptors (Lipinski definition) is 3. The number of carbonyl (C=O) groups excluding carboxylic acids is 1. The van der Waals surface area contributed by atoms with Gasteiger partial charge in [0.05, 0.1) is 0 Å². The van der Waals surface area contributed by atoms with Crippen molar-refractivity contribution in [2.45, 2.75) is 45.8 Å². The molecular weight excluding hydrogens is 312 g/mol. The van der Waals surface area contributed by atoms with E-state index in [2.05, 4.69) is 42.2 Å². The summed E-state index contributed by atoms with van der Waals surface area (Å²) in [6, 6.07) is 10.6. The Bertz CT molecular complexity index is 747. The standard InChI is InChI=1S/C20H26N4O/c1-2-24-18-10-13-22(14-16-8-4-3-5-9-16)15-17(18)19(21-24)20(25)23-11-6-7-12-23/h3-5,8-9H,2,6-7,10-15H2,1H3. The zero-order valence-electron chi connectivity index (χ0n) is 14.9. The van der Waals surface area contributed by atoms with Crippen molar-refractivity contribution >= 4 is 5.91 Å². The maximum atomic E-state index is 12.9. The number of nitrogens with zero attached hydrogens (tertiary/aromatic N) is 4. The van der Waals surface area contributed by atoms with E-state index in [-0.39, 0.29) is 5.91 Å². The van der Waals surface area contributed by atoms with E-state index in [0.717, 1.165) is 64.1 Å². The fraction of sp³-hybridized carbons (Fsp3) is 0.500. The van der Waals surface area contributed by atoms with E-state index < -0.39 is 0 Å². The van der Waals surface area contributed by atoms with Crippen LogP contribution in [-0.2, 0) is 26.1 Å². The van der Waals surface area contributed by atoms with E-state index in [1.807, 2.05) is 9.58 Å². The lowest BCUT2D eigenvalue weighted by molar-refractivity contribution is 0.0783. The minimum Gasteiger partial charge on any atom is -0.337 e. The molecule has 0 radical (unpaired) electrons. The Labute approximate surface area is 149 Å². The summed E-state index contributed by atoms with van der Waals surface area (Å²) in [6.07, 6.45) is 3.20. The van der Waals surface area contributed by atoms with Gasteiger partial charge in [-0.05, 0) is 25.3 Å². The van der Waals surface area contributed by atoms with Gasteiger partial charge in [-0.15, -0.1) is 0 Å². The largest absolute Gasteiger partial charge is 0.337 e. The number of carbonyl (C=O) groups is 1. The van der Waals surface area contributed by atoms with E-state index in [4.69, 9.17) is 5.10 Å². The van der Waals surface area contributed by atoms with Crippen LogP contribution >= 0.6 is 0 Å². The molecule has 1 aromatic heterocycles. The molecule has 0 spiro atoms. The number of aryl methyl sites for hydroxylation is 1. The van der Waals surface area contributed by atoms with E-state index in [1.165, 1.54) is 11.3 Å². The van der Waals surface area contributed by atoms with Gasteiger partial charge in [-0.2, -0.15) is 5.10 Å². The summed E-state index contributed by atoms with van der Waals surface area (Å²) in [5, 5.41) is 4.70. The lowest BCUT2D eigenvalue weighted by atomic mass is 10.0. The van der Waals surface area contributed by atoms with Crippen LogP contribution in [0.15, 0.2) is 30.3 Å². The van der Waals surface area contributed by atoms with Crippen molar-refractivity contribution in [2.75, 3.05) is 19.6 Å². The molecule has 25 heavy (non-hydrogen) atoms. The van der Waals surface area contributed by atoms with E-state index in [0.29, 0.717) is 5.69 Å². The molecule has 132 valence electrons. The average Bonchev–Trinajstić information content (AvgIpc) is 3.30. The van der Waals surface area contributed by atoms with Gasteiger partial charge in [0.1, 0.15) is 0 Å². The van der Waals surface area contributed by atoms with Crippen LogP contribution in [0.3, 0.4) is 0 Å². The SMILES string of the molecule is CCn1nc(C(=O)N2CCCC2)c2c1CCN(Cc1ccccc1)C2. The molecule has 3 heterocycles. The molecule has 1 saturated heterocycles. The highest BCUT2D eigenvalue weighted by Gasteiger charge is 2.30. The Hall–Kier alpha value is -2.14. The zero-order valence-corrected chi connectivity index (χ0v) is 14.9. The number of benzene rings is 1. The zero-order chi connectivity index (χ0) is 17.2. The summed E-state index contributed by atoms with van der Waals surface area (Å²) in [5.74, 6) is 0.127. The average molecular weight is 338 g/mol. The van der Waals surface area contributed by atoms with Crippen molar-refractivity contribution < 1.29 is 4.79 Å². The molecule has 0 saturated carbocycles. The fourth-order valence-corrected chi connectivity index (χ4v) is 4.03. The molecule has 1 amide bonds. The van der Waals surface area contributed by atoms with Crippen molar-refractivity contribution in [3.63, 3.8) is 0 Å². The predicted molar refractivity (Wildman–Crippen MR) is 97.3 cm³/mol. The normalized spacial score (nSPS) is 17.7. The first-order chi connectivity index (χ1) is 12.3. The van der Waals surface area contributed by atoms with Gasteiger partial charge < -0.3 is 4.90 Å². The quantitative estimate of drug-likeness (QED) is 0.861. The summed E-state index contributed by atoms with van der Waals surface area (Å²) in [5.41, 5.74) is 4.42. The number of aromatic nitrogens is 2. The Morgan fingerprint density at radius 2 is 1.88 bits per heavy atom. The van der Waals surface area contributed by atoms with Crippen molar-refractivity contribution in [1.29, 1.82) is 0 Å². The van der Waals surface area contributed by atoms with Crippen LogP contribution < -0.4 is 0 Å². The summed E-state index contributed by atoms with van der Waals surface area (Å²) in [6.45, 7) is 7.45. The molecule has 0 bridgehead atoms. The second-order valence-corrected chi connectivity index (χ2v) is 7.04. The van der Waals surface area contributed by atoms with Gasteiger partial charge in [0.2, 0.25) is 0 Å². The topological polar surface area (TPSA) is 41.4 Å². The number of fused-ring (bicyclic) bond motifs is 1. The third-order valence-corrected chi connectivity index (χ3v) is 5.36. The number of amides is 1. The first-order valence-corrected chi connectivity index (χ1v) is 9.40. The van der Waals surface area contributed by atoms with Gasteiger partial charge in [-0.3, -0.25) is 14.4 Å². The highest BCUT2D eigenvalue weighted by atomic mass is 16.2.